The van der Waals surface area contributed by atoms with Crippen LogP contribution < -0.4 is 14.2 Å². The summed E-state index contributed by atoms with van der Waals surface area (Å²) < 4.78 is 22.6. The molecule has 1 aliphatic heterocycles. The fourth-order valence-corrected chi connectivity index (χ4v) is 3.99. The summed E-state index contributed by atoms with van der Waals surface area (Å²) in [6.45, 7) is 10.9. The Balaban J connectivity index is 1.40. The maximum Gasteiger partial charge on any atom is 0.232 e. The summed E-state index contributed by atoms with van der Waals surface area (Å²) in [5.74, 6) is 3.60. The summed E-state index contributed by atoms with van der Waals surface area (Å²) in [5.41, 5.74) is 1.83. The minimum absolute atomic E-state index is 0.0632. The Morgan fingerprint density at radius 2 is 1.77 bits per heavy atom. The minimum atomic E-state index is -0.133. The highest BCUT2D eigenvalue weighted by atomic mass is 16.5. The molecule has 2 heterocycles. The second-order valence-electron chi connectivity index (χ2n) is 9.01. The fraction of sp³-hybridized carbons (Fsp3) is 0.444. The van der Waals surface area contributed by atoms with Crippen LogP contribution in [0, 0.1) is 5.92 Å². The van der Waals surface area contributed by atoms with Gasteiger partial charge in [-0.25, -0.2) is 0 Å². The van der Waals surface area contributed by atoms with E-state index in [2.05, 4.69) is 24.0 Å². The van der Waals surface area contributed by atoms with E-state index in [9.17, 15) is 4.79 Å². The average molecular weight is 480 g/mol. The van der Waals surface area contributed by atoms with Crippen molar-refractivity contribution >= 4 is 5.91 Å². The van der Waals surface area contributed by atoms with Crippen molar-refractivity contribution in [3.8, 4) is 28.6 Å². The van der Waals surface area contributed by atoms with E-state index in [1.165, 1.54) is 0 Å². The molecule has 1 aliphatic rings. The lowest BCUT2D eigenvalue weighted by atomic mass is 10.1. The molecule has 0 radical (unpaired) electrons. The molecule has 0 bridgehead atoms. The number of hydrogen-bond donors (Lipinski definition) is 0. The quantitative estimate of drug-likeness (QED) is 0.379. The van der Waals surface area contributed by atoms with Gasteiger partial charge in [-0.1, -0.05) is 25.1 Å². The molecule has 8 heteroatoms. The van der Waals surface area contributed by atoms with E-state index in [0.29, 0.717) is 68.5 Å². The van der Waals surface area contributed by atoms with Crippen molar-refractivity contribution in [2.24, 2.45) is 5.92 Å². The van der Waals surface area contributed by atoms with Gasteiger partial charge < -0.3 is 23.6 Å². The molecule has 1 amide bonds. The maximum absolute atomic E-state index is 12.7. The zero-order valence-electron chi connectivity index (χ0n) is 20.8. The van der Waals surface area contributed by atoms with Crippen molar-refractivity contribution in [3.63, 3.8) is 0 Å². The molecule has 2 aromatic carbocycles. The predicted octanol–water partition coefficient (Wildman–Crippen LogP) is 5.08. The third kappa shape index (κ3) is 6.12. The van der Waals surface area contributed by atoms with Crippen LogP contribution in [0.25, 0.3) is 11.4 Å². The predicted molar refractivity (Wildman–Crippen MR) is 132 cm³/mol. The van der Waals surface area contributed by atoms with Crippen LogP contribution in [-0.4, -0.2) is 47.3 Å². The van der Waals surface area contributed by atoms with Crippen molar-refractivity contribution in [1.29, 1.82) is 0 Å². The third-order valence-electron chi connectivity index (χ3n) is 5.68. The summed E-state index contributed by atoms with van der Waals surface area (Å²) in [4.78, 5) is 19.1. The molecule has 0 aliphatic carbocycles. The van der Waals surface area contributed by atoms with Crippen LogP contribution in [0.5, 0.6) is 17.2 Å². The van der Waals surface area contributed by atoms with Gasteiger partial charge in [-0.05, 0) is 61.7 Å². The maximum atomic E-state index is 12.7. The standard InChI is InChI=1S/C27H33N3O5/c1-5-32-23-12-7-19(13-24(23)33-6-2)15-30-16-21(14-25(30)31)27-28-26(29-35-27)20-8-10-22(11-9-20)34-17-18(3)4/h7-13,18,21H,5-6,14-17H2,1-4H3. The fourth-order valence-electron chi connectivity index (χ4n) is 3.99. The molecule has 1 fully saturated rings. The van der Waals surface area contributed by atoms with Gasteiger partial charge in [0.25, 0.3) is 0 Å². The number of hydrogen-bond acceptors (Lipinski definition) is 7. The van der Waals surface area contributed by atoms with Gasteiger partial charge in [0.05, 0.1) is 25.7 Å². The highest BCUT2D eigenvalue weighted by Gasteiger charge is 2.34. The van der Waals surface area contributed by atoms with Crippen LogP contribution in [0.4, 0.5) is 0 Å². The van der Waals surface area contributed by atoms with E-state index in [1.807, 2.05) is 61.2 Å². The van der Waals surface area contributed by atoms with Crippen LogP contribution in [0.1, 0.15) is 51.5 Å². The first-order chi connectivity index (χ1) is 17.0. The number of rotatable bonds is 11. The largest absolute Gasteiger partial charge is 0.493 e. The number of nitrogens with zero attached hydrogens (tertiary/aromatic N) is 3. The second-order valence-corrected chi connectivity index (χ2v) is 9.01. The number of ether oxygens (including phenoxy) is 3. The zero-order chi connectivity index (χ0) is 24.8. The van der Waals surface area contributed by atoms with Crippen LogP contribution in [-0.2, 0) is 11.3 Å². The van der Waals surface area contributed by atoms with E-state index >= 15 is 0 Å². The second kappa shape index (κ2) is 11.3. The summed E-state index contributed by atoms with van der Waals surface area (Å²) in [6, 6.07) is 13.4. The van der Waals surface area contributed by atoms with Crippen molar-refractivity contribution in [3.05, 3.63) is 53.9 Å². The molecule has 186 valence electrons. The number of benzene rings is 2. The monoisotopic (exact) mass is 479 g/mol. The summed E-state index contributed by atoms with van der Waals surface area (Å²) >= 11 is 0. The van der Waals surface area contributed by atoms with Gasteiger partial charge in [0.15, 0.2) is 11.5 Å². The van der Waals surface area contributed by atoms with Gasteiger partial charge in [-0.3, -0.25) is 4.79 Å². The first-order valence-electron chi connectivity index (χ1n) is 12.2. The molecule has 8 nitrogen and oxygen atoms in total. The SMILES string of the molecule is CCOc1ccc(CN2CC(c3nc(-c4ccc(OCC(C)C)cc4)no3)CC2=O)cc1OCC. The van der Waals surface area contributed by atoms with Gasteiger partial charge in [-0.15, -0.1) is 0 Å². The zero-order valence-corrected chi connectivity index (χ0v) is 20.8. The smallest absolute Gasteiger partial charge is 0.232 e. The lowest BCUT2D eigenvalue weighted by Gasteiger charge is -2.18. The Morgan fingerprint density at radius 1 is 1.03 bits per heavy atom. The normalized spacial score (nSPS) is 15.6. The first-order valence-corrected chi connectivity index (χ1v) is 12.2. The van der Waals surface area contributed by atoms with Gasteiger partial charge in [0.1, 0.15) is 5.75 Å². The Hall–Kier alpha value is -3.55. The lowest BCUT2D eigenvalue weighted by molar-refractivity contribution is -0.128. The topological polar surface area (TPSA) is 86.9 Å². The highest BCUT2D eigenvalue weighted by molar-refractivity contribution is 5.79. The van der Waals surface area contributed by atoms with Crippen molar-refractivity contribution in [1.82, 2.24) is 15.0 Å². The number of likely N-dealkylation sites (tertiary alicyclic amines) is 1. The summed E-state index contributed by atoms with van der Waals surface area (Å²) in [5, 5.41) is 4.14. The third-order valence-corrected chi connectivity index (χ3v) is 5.68. The van der Waals surface area contributed by atoms with Gasteiger partial charge in [0, 0.05) is 25.1 Å². The summed E-state index contributed by atoms with van der Waals surface area (Å²) in [6.07, 6.45) is 0.346. The van der Waals surface area contributed by atoms with Gasteiger partial charge in [-0.2, -0.15) is 4.98 Å². The molecule has 1 aromatic heterocycles. The van der Waals surface area contributed by atoms with E-state index < -0.39 is 0 Å². The Labute approximate surface area is 206 Å². The molecular weight excluding hydrogens is 446 g/mol. The molecule has 3 aromatic rings. The minimum Gasteiger partial charge on any atom is -0.493 e. The molecule has 1 unspecified atom stereocenters. The van der Waals surface area contributed by atoms with Crippen LogP contribution in [0.15, 0.2) is 47.0 Å². The van der Waals surface area contributed by atoms with E-state index in [4.69, 9.17) is 18.7 Å². The van der Waals surface area contributed by atoms with E-state index in [1.54, 1.807) is 0 Å². The number of aromatic nitrogens is 2. The summed E-state index contributed by atoms with van der Waals surface area (Å²) in [7, 11) is 0. The molecule has 1 atom stereocenters. The number of carbonyl (C=O) groups excluding carboxylic acids is 1. The van der Waals surface area contributed by atoms with Crippen molar-refractivity contribution < 1.29 is 23.5 Å². The molecule has 0 N–H and O–H groups in total. The molecule has 1 saturated heterocycles. The van der Waals surface area contributed by atoms with Gasteiger partial charge >= 0.3 is 0 Å². The molecule has 0 saturated carbocycles. The Kier molecular flexibility index (Phi) is 7.90. The lowest BCUT2D eigenvalue weighted by Crippen LogP contribution is -2.24. The Morgan fingerprint density at radius 3 is 2.49 bits per heavy atom. The van der Waals surface area contributed by atoms with Crippen molar-refractivity contribution in [2.75, 3.05) is 26.4 Å². The van der Waals surface area contributed by atoms with Crippen LogP contribution >= 0.6 is 0 Å². The molecule has 0 spiro atoms. The number of amides is 1. The molecule has 35 heavy (non-hydrogen) atoms. The number of carbonyl (C=O) groups is 1. The first kappa shape index (κ1) is 24.6. The Bertz CT molecular complexity index is 1130. The van der Waals surface area contributed by atoms with E-state index in [-0.39, 0.29) is 11.8 Å². The van der Waals surface area contributed by atoms with Crippen LogP contribution in [0.2, 0.25) is 0 Å². The molecular formula is C27H33N3O5. The van der Waals surface area contributed by atoms with Crippen LogP contribution in [0.3, 0.4) is 0 Å². The van der Waals surface area contributed by atoms with Gasteiger partial charge in [0.2, 0.25) is 17.6 Å². The highest BCUT2D eigenvalue weighted by Crippen LogP contribution is 2.32. The van der Waals surface area contributed by atoms with E-state index in [0.717, 1.165) is 16.9 Å². The molecule has 4 rings (SSSR count). The van der Waals surface area contributed by atoms with Crippen molar-refractivity contribution in [2.45, 2.75) is 46.6 Å². The average Bonchev–Trinajstić information content (AvgIpc) is 3.47.